The van der Waals surface area contributed by atoms with Crippen LogP contribution in [0.5, 0.6) is 23.1 Å². The van der Waals surface area contributed by atoms with Crippen LogP contribution in [0.1, 0.15) is 11.1 Å². The van der Waals surface area contributed by atoms with E-state index in [4.69, 9.17) is 14.2 Å². The summed E-state index contributed by atoms with van der Waals surface area (Å²) in [5.41, 5.74) is 0.356. The van der Waals surface area contributed by atoms with Crippen LogP contribution in [0.15, 0.2) is 66.9 Å². The van der Waals surface area contributed by atoms with Crippen molar-refractivity contribution in [3.05, 3.63) is 78.0 Å². The van der Waals surface area contributed by atoms with Gasteiger partial charge >= 0.3 is 6.03 Å². The zero-order chi connectivity index (χ0) is 22.8. The molecular weight excluding hydrogens is 424 g/mol. The maximum atomic E-state index is 13.0. The van der Waals surface area contributed by atoms with Gasteiger partial charge in [-0.15, -0.1) is 0 Å². The summed E-state index contributed by atoms with van der Waals surface area (Å²) >= 11 is 0. The van der Waals surface area contributed by atoms with Gasteiger partial charge in [0, 0.05) is 37.0 Å². The van der Waals surface area contributed by atoms with Crippen molar-refractivity contribution < 1.29 is 23.8 Å². The molecule has 0 radical (unpaired) electrons. The highest BCUT2D eigenvalue weighted by molar-refractivity contribution is 6.07. The third-order valence-electron chi connectivity index (χ3n) is 5.68. The lowest BCUT2D eigenvalue weighted by Crippen LogP contribution is -2.53. The number of carbonyl (C=O) groups excluding carboxylic acids is 2. The molecule has 3 aromatic rings. The molecule has 1 aromatic heterocycles. The van der Waals surface area contributed by atoms with E-state index in [0.29, 0.717) is 29.5 Å². The second-order valence-corrected chi connectivity index (χ2v) is 7.84. The number of carbonyl (C=O) groups is 2. The molecule has 1 atom stereocenters. The van der Waals surface area contributed by atoms with Gasteiger partial charge in [0.1, 0.15) is 24.0 Å². The van der Waals surface area contributed by atoms with Crippen LogP contribution >= 0.6 is 0 Å². The molecule has 2 N–H and O–H groups in total. The molecule has 0 saturated carbocycles. The van der Waals surface area contributed by atoms with E-state index in [-0.39, 0.29) is 13.3 Å². The van der Waals surface area contributed by atoms with Crippen molar-refractivity contribution in [2.75, 3.05) is 20.4 Å². The molecule has 168 valence electrons. The molecule has 0 bridgehead atoms. The fourth-order valence-corrected chi connectivity index (χ4v) is 4.04. The molecule has 33 heavy (non-hydrogen) atoms. The molecule has 1 unspecified atom stereocenters. The van der Waals surface area contributed by atoms with Crippen LogP contribution in [0.2, 0.25) is 0 Å². The van der Waals surface area contributed by atoms with Gasteiger partial charge in [-0.2, -0.15) is 0 Å². The molecule has 9 nitrogen and oxygen atoms in total. The Morgan fingerprint density at radius 3 is 2.61 bits per heavy atom. The van der Waals surface area contributed by atoms with Crippen LogP contribution in [0.4, 0.5) is 4.79 Å². The minimum Gasteiger partial charge on any atom is -0.497 e. The number of urea groups is 1. The Kier molecular flexibility index (Phi) is 5.31. The lowest BCUT2D eigenvalue weighted by Gasteiger charge is -2.36. The molecule has 1 fully saturated rings. The number of ether oxygens (including phenoxy) is 3. The Balaban J connectivity index is 1.38. The number of hydrogen-bond donors (Lipinski definition) is 2. The zero-order valence-corrected chi connectivity index (χ0v) is 17.9. The van der Waals surface area contributed by atoms with Crippen LogP contribution in [-0.2, 0) is 16.9 Å². The van der Waals surface area contributed by atoms with Crippen molar-refractivity contribution >= 4 is 11.9 Å². The lowest BCUT2D eigenvalue weighted by atomic mass is 9.89. The fraction of sp³-hybridized carbons (Fsp3) is 0.208. The standard InChI is InChI=1S/C24H22N4O5/c1-31-19-8-5-16-13-28(15-32-20(16)12-19)14-24(22(29)26-23(30)27-24)17-6-9-18(10-7-17)33-21-4-2-3-11-25-21/h2-12H,13-15H2,1H3,(H2,26,27,29,30). The molecule has 9 heteroatoms. The molecule has 2 aliphatic rings. The van der Waals surface area contributed by atoms with E-state index in [0.717, 1.165) is 11.3 Å². The average Bonchev–Trinajstić information content (AvgIpc) is 3.13. The Morgan fingerprint density at radius 2 is 1.91 bits per heavy atom. The second-order valence-electron chi connectivity index (χ2n) is 7.84. The number of imide groups is 1. The van der Waals surface area contributed by atoms with Crippen LogP contribution < -0.4 is 24.8 Å². The number of nitrogens with one attached hydrogen (secondary N) is 2. The number of aromatic nitrogens is 1. The summed E-state index contributed by atoms with van der Waals surface area (Å²) in [6, 6.07) is 17.5. The van der Waals surface area contributed by atoms with Gasteiger partial charge in [-0.25, -0.2) is 9.78 Å². The number of rotatable bonds is 6. The SMILES string of the molecule is COc1ccc2c(c1)OCN(CC1(c3ccc(Oc4ccccn4)cc3)NC(=O)NC1=O)C2. The topological polar surface area (TPSA) is 102 Å². The summed E-state index contributed by atoms with van der Waals surface area (Å²) < 4.78 is 16.9. The van der Waals surface area contributed by atoms with Gasteiger partial charge in [0.05, 0.1) is 7.11 Å². The predicted octanol–water partition coefficient (Wildman–Crippen LogP) is 2.77. The Morgan fingerprint density at radius 1 is 1.09 bits per heavy atom. The molecule has 1 saturated heterocycles. The Labute approximate surface area is 190 Å². The minimum absolute atomic E-state index is 0.233. The average molecular weight is 446 g/mol. The van der Waals surface area contributed by atoms with Crippen LogP contribution in [0.25, 0.3) is 0 Å². The number of hydrogen-bond acceptors (Lipinski definition) is 7. The number of fused-ring (bicyclic) bond motifs is 1. The first-order valence-corrected chi connectivity index (χ1v) is 10.4. The van der Waals surface area contributed by atoms with Crippen molar-refractivity contribution in [1.29, 1.82) is 0 Å². The van der Waals surface area contributed by atoms with Gasteiger partial charge in [0.15, 0.2) is 5.54 Å². The normalized spacial score (nSPS) is 19.8. The first-order valence-electron chi connectivity index (χ1n) is 10.4. The summed E-state index contributed by atoms with van der Waals surface area (Å²) in [7, 11) is 1.61. The van der Waals surface area contributed by atoms with Crippen molar-refractivity contribution in [3.8, 4) is 23.1 Å². The van der Waals surface area contributed by atoms with E-state index in [1.54, 1.807) is 49.7 Å². The third-order valence-corrected chi connectivity index (χ3v) is 5.68. The number of benzene rings is 2. The van der Waals surface area contributed by atoms with Gasteiger partial charge < -0.3 is 19.5 Å². The first-order chi connectivity index (χ1) is 16.1. The summed E-state index contributed by atoms with van der Waals surface area (Å²) in [5, 5.41) is 5.19. The Bertz CT molecular complexity index is 1190. The van der Waals surface area contributed by atoms with E-state index < -0.39 is 17.5 Å². The quantitative estimate of drug-likeness (QED) is 0.562. The predicted molar refractivity (Wildman–Crippen MR) is 118 cm³/mol. The van der Waals surface area contributed by atoms with E-state index in [1.807, 2.05) is 29.2 Å². The lowest BCUT2D eigenvalue weighted by molar-refractivity contribution is -0.125. The molecular formula is C24H22N4O5. The summed E-state index contributed by atoms with van der Waals surface area (Å²) in [6.07, 6.45) is 1.64. The zero-order valence-electron chi connectivity index (χ0n) is 17.9. The van der Waals surface area contributed by atoms with E-state index in [2.05, 4.69) is 15.6 Å². The number of methoxy groups -OCH3 is 1. The largest absolute Gasteiger partial charge is 0.497 e. The van der Waals surface area contributed by atoms with Gasteiger partial charge in [0.2, 0.25) is 5.88 Å². The van der Waals surface area contributed by atoms with E-state index >= 15 is 0 Å². The highest BCUT2D eigenvalue weighted by Crippen LogP contribution is 2.33. The monoisotopic (exact) mass is 446 g/mol. The van der Waals surface area contributed by atoms with Crippen LogP contribution in [-0.4, -0.2) is 42.2 Å². The smallest absolute Gasteiger partial charge is 0.322 e. The molecule has 5 rings (SSSR count). The maximum absolute atomic E-state index is 13.0. The maximum Gasteiger partial charge on any atom is 0.322 e. The van der Waals surface area contributed by atoms with Crippen molar-refractivity contribution in [1.82, 2.24) is 20.5 Å². The van der Waals surface area contributed by atoms with Gasteiger partial charge in [-0.1, -0.05) is 24.3 Å². The molecule has 3 heterocycles. The third kappa shape index (κ3) is 4.06. The van der Waals surface area contributed by atoms with Gasteiger partial charge in [0.25, 0.3) is 5.91 Å². The van der Waals surface area contributed by atoms with Crippen LogP contribution in [0.3, 0.4) is 0 Å². The van der Waals surface area contributed by atoms with Crippen molar-refractivity contribution in [2.45, 2.75) is 12.1 Å². The molecule has 0 spiro atoms. The second kappa shape index (κ2) is 8.44. The molecule has 3 amide bonds. The highest BCUT2D eigenvalue weighted by Gasteiger charge is 2.49. The highest BCUT2D eigenvalue weighted by atomic mass is 16.5. The summed E-state index contributed by atoms with van der Waals surface area (Å²) in [5.74, 6) is 2.09. The van der Waals surface area contributed by atoms with Crippen molar-refractivity contribution in [3.63, 3.8) is 0 Å². The number of amides is 3. The molecule has 0 aliphatic carbocycles. The minimum atomic E-state index is -1.26. The molecule has 2 aliphatic heterocycles. The van der Waals surface area contributed by atoms with Gasteiger partial charge in [-0.05, 0) is 29.8 Å². The first kappa shape index (κ1) is 20.8. The molecule has 2 aromatic carbocycles. The van der Waals surface area contributed by atoms with E-state index in [9.17, 15) is 9.59 Å². The number of nitrogens with zero attached hydrogens (tertiary/aromatic N) is 2. The summed E-state index contributed by atoms with van der Waals surface area (Å²) in [6.45, 7) is 1.06. The Hall–Kier alpha value is -4.11. The van der Waals surface area contributed by atoms with E-state index in [1.165, 1.54) is 0 Å². The van der Waals surface area contributed by atoms with Gasteiger partial charge in [-0.3, -0.25) is 15.0 Å². The van der Waals surface area contributed by atoms with Crippen LogP contribution in [0, 0.1) is 0 Å². The fourth-order valence-electron chi connectivity index (χ4n) is 4.04. The summed E-state index contributed by atoms with van der Waals surface area (Å²) in [4.78, 5) is 31.2. The van der Waals surface area contributed by atoms with Crippen molar-refractivity contribution in [2.24, 2.45) is 0 Å². The number of pyridine rings is 1.